The number of benzene rings is 1. The van der Waals surface area contributed by atoms with Gasteiger partial charge in [-0.3, -0.25) is 0 Å². The van der Waals surface area contributed by atoms with Crippen LogP contribution in [-0.4, -0.2) is 5.11 Å². The highest BCUT2D eigenvalue weighted by molar-refractivity contribution is 9.10. The molecule has 0 aliphatic rings. The van der Waals surface area contributed by atoms with E-state index in [2.05, 4.69) is 15.9 Å². The van der Waals surface area contributed by atoms with Gasteiger partial charge in [0.05, 0.1) is 10.0 Å². The van der Waals surface area contributed by atoms with Gasteiger partial charge in [-0.25, -0.2) is 13.2 Å². The highest BCUT2D eigenvalue weighted by Crippen LogP contribution is 2.35. The number of phenolic OH excluding ortho intramolecular Hbond substituents is 1. The van der Waals surface area contributed by atoms with Crippen LogP contribution in [0.25, 0.3) is 0 Å². The van der Waals surface area contributed by atoms with Crippen LogP contribution < -0.4 is 0 Å². The van der Waals surface area contributed by atoms with Gasteiger partial charge in [0.15, 0.2) is 0 Å². The van der Waals surface area contributed by atoms with Crippen LogP contribution in [0, 0.1) is 5.82 Å². The van der Waals surface area contributed by atoms with Crippen LogP contribution in [0.3, 0.4) is 0 Å². The van der Waals surface area contributed by atoms with Crippen LogP contribution in [-0.2, 0) is 0 Å². The van der Waals surface area contributed by atoms with Crippen molar-refractivity contribution in [3.8, 4) is 5.75 Å². The molecule has 0 atom stereocenters. The Bertz CT molecular complexity index is 301. The van der Waals surface area contributed by atoms with E-state index >= 15 is 0 Å². The predicted octanol–water partition coefficient (Wildman–Crippen LogP) is 3.23. The summed E-state index contributed by atoms with van der Waals surface area (Å²) in [7, 11) is 0. The lowest BCUT2D eigenvalue weighted by Crippen LogP contribution is -1.90. The third-order valence-electron chi connectivity index (χ3n) is 1.33. The van der Waals surface area contributed by atoms with Crippen molar-refractivity contribution in [2.45, 2.75) is 6.43 Å². The quantitative estimate of drug-likeness (QED) is 0.800. The molecular weight excluding hydrogens is 237 g/mol. The number of alkyl halides is 2. The minimum atomic E-state index is -2.89. The SMILES string of the molecule is Oc1ccc(F)c(Br)c1C(F)F. The summed E-state index contributed by atoms with van der Waals surface area (Å²) in [6, 6.07) is 1.80. The second-order valence-electron chi connectivity index (χ2n) is 2.09. The number of phenols is 1. The number of aromatic hydroxyl groups is 1. The lowest BCUT2D eigenvalue weighted by Gasteiger charge is -2.05. The fraction of sp³-hybridized carbons (Fsp3) is 0.143. The van der Waals surface area contributed by atoms with E-state index in [0.29, 0.717) is 0 Å². The monoisotopic (exact) mass is 240 g/mol. The minimum Gasteiger partial charge on any atom is -0.507 e. The average molecular weight is 241 g/mol. The van der Waals surface area contributed by atoms with E-state index in [1.807, 2.05) is 0 Å². The van der Waals surface area contributed by atoms with Gasteiger partial charge in [-0.1, -0.05) is 0 Å². The predicted molar refractivity (Wildman–Crippen MR) is 40.7 cm³/mol. The molecule has 0 saturated carbocycles. The molecule has 66 valence electrons. The Hall–Kier alpha value is -0.710. The first-order valence-corrected chi connectivity index (χ1v) is 3.78. The summed E-state index contributed by atoms with van der Waals surface area (Å²) in [5, 5.41) is 8.91. The summed E-state index contributed by atoms with van der Waals surface area (Å²) in [6.45, 7) is 0. The molecule has 0 radical (unpaired) electrons. The molecule has 0 aromatic heterocycles. The normalized spacial score (nSPS) is 10.8. The smallest absolute Gasteiger partial charge is 0.268 e. The van der Waals surface area contributed by atoms with Crippen molar-refractivity contribution in [2.24, 2.45) is 0 Å². The van der Waals surface area contributed by atoms with Crippen molar-refractivity contribution in [3.63, 3.8) is 0 Å². The standard InChI is InChI=1S/C7H4BrF3O/c8-6-3(9)1-2-4(12)5(6)7(10)11/h1-2,7,12H. The molecule has 5 heteroatoms. The Kier molecular flexibility index (Phi) is 2.62. The fourth-order valence-corrected chi connectivity index (χ4v) is 1.27. The molecule has 1 aromatic rings. The van der Waals surface area contributed by atoms with Gasteiger partial charge in [0.2, 0.25) is 0 Å². The van der Waals surface area contributed by atoms with Crippen molar-refractivity contribution in [1.29, 1.82) is 0 Å². The van der Waals surface area contributed by atoms with Crippen molar-refractivity contribution in [2.75, 3.05) is 0 Å². The number of rotatable bonds is 1. The van der Waals surface area contributed by atoms with Gasteiger partial charge >= 0.3 is 0 Å². The summed E-state index contributed by atoms with van der Waals surface area (Å²) >= 11 is 2.62. The Morgan fingerprint density at radius 2 is 1.92 bits per heavy atom. The summed E-state index contributed by atoms with van der Waals surface area (Å²) in [5.74, 6) is -1.43. The molecule has 1 nitrogen and oxygen atoms in total. The molecule has 0 spiro atoms. The second kappa shape index (κ2) is 3.35. The van der Waals surface area contributed by atoms with E-state index in [9.17, 15) is 13.2 Å². The van der Waals surface area contributed by atoms with Crippen LogP contribution >= 0.6 is 15.9 Å². The van der Waals surface area contributed by atoms with Crippen LogP contribution in [0.2, 0.25) is 0 Å². The van der Waals surface area contributed by atoms with Crippen molar-refractivity contribution in [3.05, 3.63) is 28.0 Å². The van der Waals surface area contributed by atoms with E-state index in [1.54, 1.807) is 0 Å². The fourth-order valence-electron chi connectivity index (χ4n) is 0.764. The summed E-state index contributed by atoms with van der Waals surface area (Å²) in [4.78, 5) is 0. The van der Waals surface area contributed by atoms with Gasteiger partial charge in [-0.05, 0) is 28.1 Å². The maximum absolute atomic E-state index is 12.6. The number of hydrogen-bond acceptors (Lipinski definition) is 1. The third kappa shape index (κ3) is 1.55. The van der Waals surface area contributed by atoms with E-state index in [-0.39, 0.29) is 0 Å². The Labute approximate surface area is 75.0 Å². The molecule has 0 aliphatic heterocycles. The van der Waals surface area contributed by atoms with Gasteiger partial charge in [-0.15, -0.1) is 0 Å². The van der Waals surface area contributed by atoms with E-state index in [1.165, 1.54) is 0 Å². The van der Waals surface area contributed by atoms with Crippen LogP contribution in [0.5, 0.6) is 5.75 Å². The molecular formula is C7H4BrF3O. The topological polar surface area (TPSA) is 20.2 Å². The zero-order valence-corrected chi connectivity index (χ0v) is 7.28. The zero-order valence-electron chi connectivity index (χ0n) is 5.69. The molecule has 0 unspecified atom stereocenters. The van der Waals surface area contributed by atoms with Gasteiger partial charge in [0.1, 0.15) is 11.6 Å². The van der Waals surface area contributed by atoms with Crippen LogP contribution in [0.1, 0.15) is 12.0 Å². The molecule has 0 aliphatic carbocycles. The second-order valence-corrected chi connectivity index (χ2v) is 2.89. The molecule has 12 heavy (non-hydrogen) atoms. The maximum atomic E-state index is 12.6. The maximum Gasteiger partial charge on any atom is 0.268 e. The van der Waals surface area contributed by atoms with Crippen LogP contribution in [0.15, 0.2) is 16.6 Å². The van der Waals surface area contributed by atoms with E-state index < -0.39 is 28.0 Å². The summed E-state index contributed by atoms with van der Waals surface area (Å²) in [6.07, 6.45) is -2.89. The number of hydrogen-bond donors (Lipinski definition) is 1. The third-order valence-corrected chi connectivity index (χ3v) is 2.13. The molecule has 1 aromatic carbocycles. The molecule has 0 saturated heterocycles. The van der Waals surface area contributed by atoms with Gasteiger partial charge in [0, 0.05) is 0 Å². The molecule has 0 fully saturated rings. The molecule has 0 bridgehead atoms. The minimum absolute atomic E-state index is 0.391. The molecule has 0 heterocycles. The highest BCUT2D eigenvalue weighted by Gasteiger charge is 2.19. The first-order chi connectivity index (χ1) is 5.54. The zero-order chi connectivity index (χ0) is 9.30. The lowest BCUT2D eigenvalue weighted by atomic mass is 10.2. The Morgan fingerprint density at radius 1 is 1.33 bits per heavy atom. The molecule has 1 rings (SSSR count). The first-order valence-electron chi connectivity index (χ1n) is 2.99. The summed E-state index contributed by atoms with van der Waals surface area (Å²) < 4.78 is 36.5. The lowest BCUT2D eigenvalue weighted by molar-refractivity contribution is 0.146. The van der Waals surface area contributed by atoms with Crippen LogP contribution in [0.4, 0.5) is 13.2 Å². The number of halogens is 4. The van der Waals surface area contributed by atoms with Crippen molar-refractivity contribution in [1.82, 2.24) is 0 Å². The van der Waals surface area contributed by atoms with Gasteiger partial charge in [0.25, 0.3) is 6.43 Å². The van der Waals surface area contributed by atoms with E-state index in [0.717, 1.165) is 12.1 Å². The largest absolute Gasteiger partial charge is 0.507 e. The molecule has 1 N–H and O–H groups in total. The van der Waals surface area contributed by atoms with Crippen molar-refractivity contribution < 1.29 is 18.3 Å². The summed E-state index contributed by atoms with van der Waals surface area (Å²) in [5.41, 5.74) is -0.713. The van der Waals surface area contributed by atoms with Gasteiger partial charge in [-0.2, -0.15) is 0 Å². The first kappa shape index (κ1) is 9.38. The van der Waals surface area contributed by atoms with Crippen molar-refractivity contribution >= 4 is 15.9 Å². The van der Waals surface area contributed by atoms with Gasteiger partial charge < -0.3 is 5.11 Å². The van der Waals surface area contributed by atoms with E-state index in [4.69, 9.17) is 5.11 Å². The Morgan fingerprint density at radius 3 is 2.33 bits per heavy atom. The Balaban J connectivity index is 3.33. The average Bonchev–Trinajstić information content (AvgIpc) is 1.97. The molecule has 0 amide bonds. The highest BCUT2D eigenvalue weighted by atomic mass is 79.9.